The number of nitrogens with zero attached hydrogens (tertiary/aromatic N) is 2. The predicted molar refractivity (Wildman–Crippen MR) is 121 cm³/mol. The number of anilines is 2. The minimum absolute atomic E-state index is 0.119. The summed E-state index contributed by atoms with van der Waals surface area (Å²) in [6.45, 7) is 0.857. The van der Waals surface area contributed by atoms with Crippen molar-refractivity contribution in [1.29, 1.82) is 0 Å². The summed E-state index contributed by atoms with van der Waals surface area (Å²) >= 11 is 0. The summed E-state index contributed by atoms with van der Waals surface area (Å²) in [5, 5.41) is 3.04. The Kier molecular flexibility index (Phi) is 3.99. The van der Waals surface area contributed by atoms with E-state index in [0.717, 1.165) is 23.4 Å². The van der Waals surface area contributed by atoms with Gasteiger partial charge in [0.2, 0.25) is 0 Å². The first-order chi connectivity index (χ1) is 15.6. The normalized spacial score (nSPS) is 20.9. The van der Waals surface area contributed by atoms with Crippen LogP contribution in [-0.2, 0) is 16.8 Å². The molecule has 6 heteroatoms. The molecular weight excluding hydrogens is 402 g/mol. The molecule has 3 aromatic carbocycles. The van der Waals surface area contributed by atoms with Crippen LogP contribution in [0.25, 0.3) is 0 Å². The molecule has 0 aliphatic carbocycles. The Bertz CT molecular complexity index is 1270. The molecule has 6 rings (SSSR count). The second-order valence-corrected chi connectivity index (χ2v) is 8.45. The zero-order valence-electron chi connectivity index (χ0n) is 17.4. The van der Waals surface area contributed by atoms with E-state index in [1.165, 1.54) is 10.5 Å². The Labute approximate surface area is 185 Å². The summed E-state index contributed by atoms with van der Waals surface area (Å²) in [7, 11) is 0. The Balaban J connectivity index is 1.42. The monoisotopic (exact) mass is 423 g/mol. The third-order valence-corrected chi connectivity index (χ3v) is 6.92. The lowest BCUT2D eigenvalue weighted by atomic mass is 9.85. The van der Waals surface area contributed by atoms with Crippen LogP contribution in [-0.4, -0.2) is 35.7 Å². The van der Waals surface area contributed by atoms with Crippen LogP contribution in [0, 0.1) is 0 Å². The highest BCUT2D eigenvalue weighted by atomic mass is 16.2. The van der Waals surface area contributed by atoms with E-state index in [1.54, 1.807) is 24.3 Å². The maximum Gasteiger partial charge on any atom is 0.261 e. The van der Waals surface area contributed by atoms with Crippen molar-refractivity contribution in [2.45, 2.75) is 18.4 Å². The van der Waals surface area contributed by atoms with Gasteiger partial charge in [-0.3, -0.25) is 19.3 Å². The highest BCUT2D eigenvalue weighted by Gasteiger charge is 2.53. The number of rotatable bonds is 4. The van der Waals surface area contributed by atoms with Crippen molar-refractivity contribution in [3.63, 3.8) is 0 Å². The Morgan fingerprint density at radius 2 is 1.47 bits per heavy atom. The van der Waals surface area contributed by atoms with Crippen molar-refractivity contribution < 1.29 is 14.4 Å². The van der Waals surface area contributed by atoms with E-state index in [-0.39, 0.29) is 24.3 Å². The van der Waals surface area contributed by atoms with Gasteiger partial charge in [0, 0.05) is 36.4 Å². The van der Waals surface area contributed by atoms with Gasteiger partial charge in [0.05, 0.1) is 11.1 Å². The summed E-state index contributed by atoms with van der Waals surface area (Å²) in [6, 6.07) is 22.7. The molecule has 0 radical (unpaired) electrons. The molecule has 0 saturated carbocycles. The third-order valence-electron chi connectivity index (χ3n) is 6.92. The van der Waals surface area contributed by atoms with Crippen LogP contribution in [0.4, 0.5) is 11.4 Å². The number of carbonyl (C=O) groups excluding carboxylic acids is 3. The molecule has 0 saturated heterocycles. The molecule has 0 aromatic heterocycles. The molecule has 1 atom stereocenters. The number of amides is 3. The fraction of sp³-hybridized carbons (Fsp3) is 0.192. The van der Waals surface area contributed by atoms with Gasteiger partial charge >= 0.3 is 0 Å². The molecular formula is C26H21N3O3. The van der Waals surface area contributed by atoms with Crippen molar-refractivity contribution in [3.8, 4) is 0 Å². The molecule has 3 heterocycles. The van der Waals surface area contributed by atoms with Crippen LogP contribution in [0.3, 0.4) is 0 Å². The zero-order valence-corrected chi connectivity index (χ0v) is 17.4. The van der Waals surface area contributed by atoms with Crippen molar-refractivity contribution in [2.75, 3.05) is 23.3 Å². The average Bonchev–Trinajstić information content (AvgIpc) is 3.45. The number of benzene rings is 3. The predicted octanol–water partition coefficient (Wildman–Crippen LogP) is 3.58. The molecule has 0 bridgehead atoms. The van der Waals surface area contributed by atoms with Gasteiger partial charge in [-0.25, -0.2) is 0 Å². The maximum absolute atomic E-state index is 13.6. The van der Waals surface area contributed by atoms with Crippen molar-refractivity contribution >= 4 is 29.1 Å². The van der Waals surface area contributed by atoms with Crippen LogP contribution in [0.2, 0.25) is 0 Å². The molecule has 3 aliphatic rings. The number of imide groups is 1. The van der Waals surface area contributed by atoms with Gasteiger partial charge in [0.1, 0.15) is 5.54 Å². The summed E-state index contributed by atoms with van der Waals surface area (Å²) in [5.41, 5.74) is 3.76. The van der Waals surface area contributed by atoms with Gasteiger partial charge in [-0.15, -0.1) is 0 Å². The Hall–Kier alpha value is -3.93. The van der Waals surface area contributed by atoms with Crippen LogP contribution in [0.1, 0.15) is 38.3 Å². The summed E-state index contributed by atoms with van der Waals surface area (Å²) in [4.78, 5) is 42.9. The van der Waals surface area contributed by atoms with Crippen molar-refractivity contribution in [2.24, 2.45) is 0 Å². The average molecular weight is 423 g/mol. The van der Waals surface area contributed by atoms with Crippen LogP contribution in [0.5, 0.6) is 0 Å². The van der Waals surface area contributed by atoms with E-state index < -0.39 is 5.54 Å². The van der Waals surface area contributed by atoms with E-state index >= 15 is 0 Å². The highest BCUT2D eigenvalue weighted by molar-refractivity contribution is 6.21. The fourth-order valence-corrected chi connectivity index (χ4v) is 5.40. The first-order valence-electron chi connectivity index (χ1n) is 10.8. The molecule has 6 nitrogen and oxygen atoms in total. The molecule has 0 unspecified atom stereocenters. The number of hydrogen-bond donors (Lipinski definition) is 1. The lowest BCUT2D eigenvalue weighted by Gasteiger charge is -2.40. The smallest absolute Gasteiger partial charge is 0.261 e. The molecule has 158 valence electrons. The summed E-state index contributed by atoms with van der Waals surface area (Å²) in [5.74, 6) is -0.712. The molecule has 0 fully saturated rings. The Morgan fingerprint density at radius 3 is 2.25 bits per heavy atom. The van der Waals surface area contributed by atoms with Gasteiger partial charge in [-0.05, 0) is 36.2 Å². The second-order valence-electron chi connectivity index (χ2n) is 8.45. The highest BCUT2D eigenvalue weighted by Crippen LogP contribution is 2.48. The molecule has 0 spiro atoms. The SMILES string of the molecule is O=C1c2ccccc2C(=O)N1CC[C@@]1(N2CCc3ccccc32)C(=O)Nc2ccccc21. The largest absolute Gasteiger partial charge is 0.353 e. The quantitative estimate of drug-likeness (QED) is 0.652. The fourth-order valence-electron chi connectivity index (χ4n) is 5.40. The third kappa shape index (κ3) is 2.43. The van der Waals surface area contributed by atoms with E-state index in [4.69, 9.17) is 0 Å². The standard InChI is InChI=1S/C26H21N3O3/c30-23-18-8-2-3-9-19(18)24(31)28(23)16-14-26(20-10-4-5-11-21(20)27-25(26)32)29-15-13-17-7-1-6-12-22(17)29/h1-12H,13-16H2,(H,27,32)/t26-/m0/s1. The first-order valence-corrected chi connectivity index (χ1v) is 10.8. The van der Waals surface area contributed by atoms with Gasteiger partial charge in [-0.2, -0.15) is 0 Å². The number of fused-ring (bicyclic) bond motifs is 3. The second kappa shape index (κ2) is 6.79. The summed E-state index contributed by atoms with van der Waals surface area (Å²) < 4.78 is 0. The molecule has 32 heavy (non-hydrogen) atoms. The number of para-hydroxylation sites is 2. The molecule has 3 aliphatic heterocycles. The van der Waals surface area contributed by atoms with Crippen LogP contribution < -0.4 is 10.2 Å². The number of carbonyl (C=O) groups is 3. The lowest BCUT2D eigenvalue weighted by Crippen LogP contribution is -2.52. The van der Waals surface area contributed by atoms with E-state index in [9.17, 15) is 14.4 Å². The molecule has 3 aromatic rings. The number of hydrogen-bond acceptors (Lipinski definition) is 4. The van der Waals surface area contributed by atoms with Crippen LogP contribution >= 0.6 is 0 Å². The van der Waals surface area contributed by atoms with Gasteiger partial charge in [0.15, 0.2) is 0 Å². The molecule has 3 amide bonds. The van der Waals surface area contributed by atoms with Gasteiger partial charge in [0.25, 0.3) is 17.7 Å². The zero-order chi connectivity index (χ0) is 21.9. The van der Waals surface area contributed by atoms with Crippen molar-refractivity contribution in [1.82, 2.24) is 4.90 Å². The molecule has 1 N–H and O–H groups in total. The van der Waals surface area contributed by atoms with Crippen molar-refractivity contribution in [3.05, 3.63) is 95.1 Å². The lowest BCUT2D eigenvalue weighted by molar-refractivity contribution is -0.121. The topological polar surface area (TPSA) is 69.7 Å². The minimum Gasteiger partial charge on any atom is -0.353 e. The van der Waals surface area contributed by atoms with E-state index in [2.05, 4.69) is 16.3 Å². The van der Waals surface area contributed by atoms with E-state index in [0.29, 0.717) is 24.1 Å². The number of nitrogens with one attached hydrogen (secondary N) is 1. The maximum atomic E-state index is 13.6. The van der Waals surface area contributed by atoms with Crippen LogP contribution in [0.15, 0.2) is 72.8 Å². The van der Waals surface area contributed by atoms with Gasteiger partial charge < -0.3 is 10.2 Å². The Morgan fingerprint density at radius 1 is 0.812 bits per heavy atom. The first kappa shape index (κ1) is 18.8. The van der Waals surface area contributed by atoms with E-state index in [1.807, 2.05) is 42.5 Å². The minimum atomic E-state index is -0.988. The summed E-state index contributed by atoms with van der Waals surface area (Å²) in [6.07, 6.45) is 1.16. The van der Waals surface area contributed by atoms with Gasteiger partial charge in [-0.1, -0.05) is 48.5 Å².